The zero-order valence-electron chi connectivity index (χ0n) is 15.8. The highest BCUT2D eigenvalue weighted by molar-refractivity contribution is 5.78. The van der Waals surface area contributed by atoms with E-state index in [1.54, 1.807) is 12.4 Å². The summed E-state index contributed by atoms with van der Waals surface area (Å²) in [4.78, 5) is 12.0. The molecule has 1 aliphatic heterocycles. The summed E-state index contributed by atoms with van der Waals surface area (Å²) in [5, 5.41) is 12.0. The number of aliphatic hydroxyl groups excluding tert-OH is 1. The Morgan fingerprint density at radius 2 is 2.07 bits per heavy atom. The number of aliphatic hydroxyl groups is 1. The van der Waals surface area contributed by atoms with E-state index in [9.17, 15) is 5.11 Å². The van der Waals surface area contributed by atoms with Gasteiger partial charge in [-0.2, -0.15) is 0 Å². The third-order valence-corrected chi connectivity index (χ3v) is 5.25. The summed E-state index contributed by atoms with van der Waals surface area (Å²) in [6, 6.07) is 17.6. The minimum absolute atomic E-state index is 0.0638. The average Bonchev–Trinajstić information content (AvgIpc) is 3.27. The lowest BCUT2D eigenvalue weighted by Crippen LogP contribution is -2.28. The number of nitrogens with zero attached hydrogens (tertiary/aromatic N) is 2. The number of rotatable bonds is 5. The maximum absolute atomic E-state index is 10.9. The van der Waals surface area contributed by atoms with E-state index in [1.807, 2.05) is 54.6 Å². The summed E-state index contributed by atoms with van der Waals surface area (Å²) in [6.45, 7) is 0.812. The van der Waals surface area contributed by atoms with Gasteiger partial charge in [-0.25, -0.2) is 9.97 Å². The fourth-order valence-corrected chi connectivity index (χ4v) is 3.70. The van der Waals surface area contributed by atoms with Gasteiger partial charge in [-0.05, 0) is 30.3 Å². The van der Waals surface area contributed by atoms with Gasteiger partial charge < -0.3 is 19.6 Å². The summed E-state index contributed by atoms with van der Waals surface area (Å²) in [6.07, 6.45) is 3.49. The Balaban J connectivity index is 1.31. The second-order valence-corrected chi connectivity index (χ2v) is 7.24. The Bertz CT molecular complexity index is 1130. The molecule has 1 aliphatic rings. The fraction of sp³-hybridized carbons (Fsp3) is 0.217. The molecule has 2 N–H and O–H groups in total. The first-order chi connectivity index (χ1) is 14.3. The molecule has 0 saturated carbocycles. The van der Waals surface area contributed by atoms with Gasteiger partial charge in [0.15, 0.2) is 0 Å². The Hall–Kier alpha value is -3.38. The molecular formula is C23H21N3O3. The molecule has 4 aromatic rings. The molecule has 2 aromatic carbocycles. The highest BCUT2D eigenvalue weighted by Crippen LogP contribution is 2.38. The smallest absolute Gasteiger partial charge is 0.130 e. The highest BCUT2D eigenvalue weighted by atomic mass is 16.5. The third kappa shape index (κ3) is 3.67. The van der Waals surface area contributed by atoms with E-state index >= 15 is 0 Å². The molecule has 6 heteroatoms. The van der Waals surface area contributed by atoms with Gasteiger partial charge in [0, 0.05) is 35.7 Å². The van der Waals surface area contributed by atoms with E-state index in [-0.39, 0.29) is 5.92 Å². The van der Waals surface area contributed by atoms with Crippen molar-refractivity contribution in [1.82, 2.24) is 15.0 Å². The van der Waals surface area contributed by atoms with Crippen LogP contribution in [0.1, 0.15) is 23.2 Å². The van der Waals surface area contributed by atoms with Gasteiger partial charge >= 0.3 is 0 Å². The van der Waals surface area contributed by atoms with Gasteiger partial charge in [-0.15, -0.1) is 0 Å². The summed E-state index contributed by atoms with van der Waals surface area (Å²) in [5.41, 5.74) is 2.55. The van der Waals surface area contributed by atoms with Crippen LogP contribution < -0.4 is 9.47 Å². The van der Waals surface area contributed by atoms with Gasteiger partial charge in [0.05, 0.1) is 23.9 Å². The standard InChI is InChI=1S/C23H21N3O3/c27-23-16(11-22-24-9-10-25-22)13-29-21-8-7-18(12-19(21)23)28-14-17-6-5-15-3-1-2-4-20(15)26-17/h1-10,12,16,23,27H,11,13-14H2,(H,24,25)/t16-,23+/m0/s1. The number of H-pyrrole nitrogens is 1. The van der Waals surface area contributed by atoms with Crippen LogP contribution in [-0.4, -0.2) is 26.7 Å². The molecule has 0 saturated heterocycles. The number of hydrogen-bond acceptors (Lipinski definition) is 5. The van der Waals surface area contributed by atoms with Crippen LogP contribution in [0, 0.1) is 5.92 Å². The molecule has 146 valence electrons. The highest BCUT2D eigenvalue weighted by Gasteiger charge is 2.30. The summed E-state index contributed by atoms with van der Waals surface area (Å²) < 4.78 is 11.8. The molecule has 2 atom stereocenters. The minimum Gasteiger partial charge on any atom is -0.493 e. The number of pyridine rings is 1. The Kier molecular flexibility index (Phi) is 4.62. The quantitative estimate of drug-likeness (QED) is 0.544. The van der Waals surface area contributed by atoms with Crippen molar-refractivity contribution in [2.75, 3.05) is 6.61 Å². The molecule has 29 heavy (non-hydrogen) atoms. The van der Waals surface area contributed by atoms with E-state index < -0.39 is 6.10 Å². The zero-order valence-corrected chi connectivity index (χ0v) is 15.8. The largest absolute Gasteiger partial charge is 0.493 e. The molecule has 0 spiro atoms. The topological polar surface area (TPSA) is 80.3 Å². The Labute approximate surface area is 168 Å². The maximum Gasteiger partial charge on any atom is 0.130 e. The SMILES string of the molecule is O[C@H]1c2cc(OCc3ccc4ccccc4n3)ccc2OC[C@@H]1Cc1ncc[nH]1. The Morgan fingerprint density at radius 3 is 2.97 bits per heavy atom. The van der Waals surface area contributed by atoms with Crippen LogP contribution in [0.25, 0.3) is 10.9 Å². The fourth-order valence-electron chi connectivity index (χ4n) is 3.70. The maximum atomic E-state index is 10.9. The first-order valence-electron chi connectivity index (χ1n) is 9.67. The number of nitrogens with one attached hydrogen (secondary N) is 1. The lowest BCUT2D eigenvalue weighted by molar-refractivity contribution is 0.0495. The molecule has 2 aromatic heterocycles. The first-order valence-corrected chi connectivity index (χ1v) is 9.67. The van der Waals surface area contributed by atoms with Crippen LogP contribution in [0.15, 0.2) is 67.0 Å². The van der Waals surface area contributed by atoms with Crippen molar-refractivity contribution in [1.29, 1.82) is 0 Å². The number of hydrogen-bond donors (Lipinski definition) is 2. The van der Waals surface area contributed by atoms with Crippen LogP contribution in [0.3, 0.4) is 0 Å². The van der Waals surface area contributed by atoms with Crippen LogP contribution in [-0.2, 0) is 13.0 Å². The van der Waals surface area contributed by atoms with Gasteiger partial charge in [0.2, 0.25) is 0 Å². The Morgan fingerprint density at radius 1 is 1.14 bits per heavy atom. The molecule has 0 unspecified atom stereocenters. The molecule has 0 aliphatic carbocycles. The first kappa shape index (κ1) is 17.7. The van der Waals surface area contributed by atoms with Crippen LogP contribution in [0.4, 0.5) is 0 Å². The predicted molar refractivity (Wildman–Crippen MR) is 109 cm³/mol. The van der Waals surface area contributed by atoms with E-state index in [4.69, 9.17) is 9.47 Å². The lowest BCUT2D eigenvalue weighted by atomic mass is 9.90. The van der Waals surface area contributed by atoms with Gasteiger partial charge in [-0.3, -0.25) is 0 Å². The summed E-state index contributed by atoms with van der Waals surface area (Å²) in [7, 11) is 0. The molecule has 6 nitrogen and oxygen atoms in total. The second kappa shape index (κ2) is 7.56. The van der Waals surface area contributed by atoms with Gasteiger partial charge in [0.25, 0.3) is 0 Å². The molecule has 0 amide bonds. The average molecular weight is 387 g/mol. The van der Waals surface area contributed by atoms with Crippen molar-refractivity contribution in [3.05, 3.63) is 84.1 Å². The zero-order chi connectivity index (χ0) is 19.6. The molecule has 0 bridgehead atoms. The van der Waals surface area contributed by atoms with Crippen molar-refractivity contribution in [2.24, 2.45) is 5.92 Å². The summed E-state index contributed by atoms with van der Waals surface area (Å²) in [5.74, 6) is 2.16. The molecule has 3 heterocycles. The van der Waals surface area contributed by atoms with Crippen molar-refractivity contribution in [3.8, 4) is 11.5 Å². The van der Waals surface area contributed by atoms with Crippen molar-refractivity contribution < 1.29 is 14.6 Å². The number of para-hydroxylation sites is 1. The number of ether oxygens (including phenoxy) is 2. The number of imidazole rings is 1. The summed E-state index contributed by atoms with van der Waals surface area (Å²) >= 11 is 0. The van der Waals surface area contributed by atoms with E-state index in [2.05, 4.69) is 15.0 Å². The van der Waals surface area contributed by atoms with E-state index in [0.29, 0.717) is 31.1 Å². The van der Waals surface area contributed by atoms with E-state index in [1.165, 1.54) is 0 Å². The van der Waals surface area contributed by atoms with Crippen LogP contribution in [0.5, 0.6) is 11.5 Å². The number of aromatic nitrogens is 3. The van der Waals surface area contributed by atoms with E-state index in [0.717, 1.165) is 28.0 Å². The number of fused-ring (bicyclic) bond motifs is 2. The molecular weight excluding hydrogens is 366 g/mol. The number of aromatic amines is 1. The normalized spacial score (nSPS) is 18.2. The molecule has 5 rings (SSSR count). The van der Waals surface area contributed by atoms with Crippen molar-refractivity contribution in [2.45, 2.75) is 19.1 Å². The van der Waals surface area contributed by atoms with Gasteiger partial charge in [0.1, 0.15) is 23.9 Å². The third-order valence-electron chi connectivity index (χ3n) is 5.25. The molecule has 0 fully saturated rings. The van der Waals surface area contributed by atoms with Crippen molar-refractivity contribution >= 4 is 10.9 Å². The van der Waals surface area contributed by atoms with Crippen LogP contribution >= 0.6 is 0 Å². The molecule has 0 radical (unpaired) electrons. The van der Waals surface area contributed by atoms with Crippen molar-refractivity contribution in [3.63, 3.8) is 0 Å². The van der Waals surface area contributed by atoms with Crippen LogP contribution in [0.2, 0.25) is 0 Å². The lowest BCUT2D eigenvalue weighted by Gasteiger charge is -2.30. The number of benzene rings is 2. The minimum atomic E-state index is -0.633. The van der Waals surface area contributed by atoms with Gasteiger partial charge in [-0.1, -0.05) is 24.3 Å². The monoisotopic (exact) mass is 387 g/mol. The predicted octanol–water partition coefficient (Wildman–Crippen LogP) is 3.82. The second-order valence-electron chi connectivity index (χ2n) is 7.24.